The van der Waals surface area contributed by atoms with Crippen LogP contribution in [0.4, 0.5) is 5.82 Å². The molecular formula is C16H23N3O. The Morgan fingerprint density at radius 2 is 2.00 bits per heavy atom. The highest BCUT2D eigenvalue weighted by Gasteiger charge is 2.04. The van der Waals surface area contributed by atoms with Gasteiger partial charge < -0.3 is 10.1 Å². The number of nitrogens with one attached hydrogen (secondary N) is 2. The number of ether oxygens (including phenoxy) is 1. The minimum atomic E-state index is 0.602. The zero-order valence-electron chi connectivity index (χ0n) is 12.4. The summed E-state index contributed by atoms with van der Waals surface area (Å²) in [7, 11) is 0. The van der Waals surface area contributed by atoms with Gasteiger partial charge in [-0.15, -0.1) is 0 Å². The van der Waals surface area contributed by atoms with Crippen LogP contribution in [0.25, 0.3) is 11.3 Å². The van der Waals surface area contributed by atoms with E-state index in [1.807, 2.05) is 30.3 Å². The number of anilines is 1. The lowest BCUT2D eigenvalue weighted by atomic mass is 10.1. The van der Waals surface area contributed by atoms with Crippen LogP contribution in [0.1, 0.15) is 27.2 Å². The predicted octanol–water partition coefficient (Wildman–Crippen LogP) is 3.93. The van der Waals surface area contributed by atoms with E-state index in [1.54, 1.807) is 0 Å². The van der Waals surface area contributed by atoms with Crippen molar-refractivity contribution in [3.63, 3.8) is 0 Å². The summed E-state index contributed by atoms with van der Waals surface area (Å²) in [6.07, 6.45) is 1.02. The van der Waals surface area contributed by atoms with Crippen molar-refractivity contribution in [1.29, 1.82) is 0 Å². The van der Waals surface area contributed by atoms with Gasteiger partial charge in [-0.2, -0.15) is 5.10 Å². The quantitative estimate of drug-likeness (QED) is 0.803. The van der Waals surface area contributed by atoms with Crippen molar-refractivity contribution in [3.05, 3.63) is 30.3 Å². The average molecular weight is 273 g/mol. The van der Waals surface area contributed by atoms with Crippen LogP contribution in [-0.4, -0.2) is 23.3 Å². The smallest absolute Gasteiger partial charge is 0.148 e. The first-order valence-electron chi connectivity index (χ1n) is 7.21. The molecule has 4 heteroatoms. The van der Waals surface area contributed by atoms with Gasteiger partial charge in [-0.1, -0.05) is 20.8 Å². The summed E-state index contributed by atoms with van der Waals surface area (Å²) in [5, 5.41) is 10.6. The van der Waals surface area contributed by atoms with Crippen molar-refractivity contribution >= 4 is 5.82 Å². The fraction of sp³-hybridized carbons (Fsp3) is 0.438. The molecule has 0 aliphatic rings. The number of hydrogen-bond donors (Lipinski definition) is 2. The third-order valence-corrected chi connectivity index (χ3v) is 2.91. The molecule has 1 aromatic heterocycles. The number of H-pyrrole nitrogens is 1. The topological polar surface area (TPSA) is 49.9 Å². The molecule has 0 atom stereocenters. The minimum absolute atomic E-state index is 0.602. The summed E-state index contributed by atoms with van der Waals surface area (Å²) in [6, 6.07) is 10.1. The molecule has 2 aromatic rings. The van der Waals surface area contributed by atoms with Crippen molar-refractivity contribution in [2.24, 2.45) is 5.92 Å². The second-order valence-electron chi connectivity index (χ2n) is 5.31. The molecule has 0 unspecified atom stereocenters. The number of hydrogen-bond acceptors (Lipinski definition) is 3. The van der Waals surface area contributed by atoms with E-state index in [1.165, 1.54) is 0 Å². The van der Waals surface area contributed by atoms with Crippen LogP contribution in [0.3, 0.4) is 0 Å². The monoisotopic (exact) mass is 273 g/mol. The van der Waals surface area contributed by atoms with Gasteiger partial charge >= 0.3 is 0 Å². The van der Waals surface area contributed by atoms with Gasteiger partial charge in [0.25, 0.3) is 0 Å². The molecule has 1 aromatic carbocycles. The molecule has 0 radical (unpaired) electrons. The number of benzene rings is 1. The highest BCUT2D eigenvalue weighted by atomic mass is 16.5. The van der Waals surface area contributed by atoms with Crippen molar-refractivity contribution < 1.29 is 4.74 Å². The number of aromatic nitrogens is 2. The minimum Gasteiger partial charge on any atom is -0.494 e. The van der Waals surface area contributed by atoms with Crippen LogP contribution in [0, 0.1) is 5.92 Å². The van der Waals surface area contributed by atoms with Crippen molar-refractivity contribution in [2.75, 3.05) is 18.5 Å². The third kappa shape index (κ3) is 4.02. The highest BCUT2D eigenvalue weighted by Crippen LogP contribution is 2.22. The van der Waals surface area contributed by atoms with Crippen LogP contribution in [0.15, 0.2) is 30.3 Å². The highest BCUT2D eigenvalue weighted by molar-refractivity contribution is 5.63. The van der Waals surface area contributed by atoms with Crippen LogP contribution in [0.2, 0.25) is 0 Å². The van der Waals surface area contributed by atoms with E-state index in [0.717, 1.165) is 42.4 Å². The SMILES string of the molecule is CCCOc1ccc(-c2cc(NCC(C)C)n[nH]2)cc1. The normalized spacial score (nSPS) is 10.8. The number of rotatable bonds is 7. The maximum absolute atomic E-state index is 5.58. The maximum Gasteiger partial charge on any atom is 0.148 e. The molecule has 108 valence electrons. The summed E-state index contributed by atoms with van der Waals surface area (Å²) in [5.41, 5.74) is 2.12. The van der Waals surface area contributed by atoms with Crippen molar-refractivity contribution in [1.82, 2.24) is 10.2 Å². The first-order valence-corrected chi connectivity index (χ1v) is 7.21. The van der Waals surface area contributed by atoms with E-state index in [-0.39, 0.29) is 0 Å². The molecule has 0 aliphatic heterocycles. The van der Waals surface area contributed by atoms with E-state index in [2.05, 4.69) is 36.3 Å². The maximum atomic E-state index is 5.58. The predicted molar refractivity (Wildman–Crippen MR) is 83.1 cm³/mol. The van der Waals surface area contributed by atoms with E-state index in [9.17, 15) is 0 Å². The molecule has 0 amide bonds. The fourth-order valence-corrected chi connectivity index (χ4v) is 1.82. The molecule has 0 saturated carbocycles. The second-order valence-corrected chi connectivity index (χ2v) is 5.31. The van der Waals surface area contributed by atoms with Crippen LogP contribution >= 0.6 is 0 Å². The molecule has 0 saturated heterocycles. The lowest BCUT2D eigenvalue weighted by molar-refractivity contribution is 0.317. The molecule has 0 aliphatic carbocycles. The summed E-state index contributed by atoms with van der Waals surface area (Å²) in [5.74, 6) is 2.40. The third-order valence-electron chi connectivity index (χ3n) is 2.91. The Bertz CT molecular complexity index is 517. The molecule has 0 bridgehead atoms. The number of nitrogens with zero attached hydrogens (tertiary/aromatic N) is 1. The van der Waals surface area contributed by atoms with E-state index in [0.29, 0.717) is 5.92 Å². The van der Waals surface area contributed by atoms with Gasteiger partial charge in [0.05, 0.1) is 12.3 Å². The van der Waals surface area contributed by atoms with Crippen LogP contribution in [0.5, 0.6) is 5.75 Å². The molecule has 0 spiro atoms. The van der Waals surface area contributed by atoms with Gasteiger partial charge in [-0.05, 0) is 42.2 Å². The Hall–Kier alpha value is -1.97. The molecule has 2 rings (SSSR count). The lowest BCUT2D eigenvalue weighted by Crippen LogP contribution is -2.07. The Morgan fingerprint density at radius 1 is 1.25 bits per heavy atom. The molecule has 4 nitrogen and oxygen atoms in total. The first-order chi connectivity index (χ1) is 9.69. The average Bonchev–Trinajstić information content (AvgIpc) is 2.92. The van der Waals surface area contributed by atoms with Gasteiger partial charge in [-0.3, -0.25) is 5.10 Å². The number of aromatic amines is 1. The molecule has 1 heterocycles. The van der Waals surface area contributed by atoms with E-state index in [4.69, 9.17) is 4.74 Å². The standard InChI is InChI=1S/C16H23N3O/c1-4-9-20-14-7-5-13(6-8-14)15-10-16(19-18-15)17-11-12(2)3/h5-8,10,12H,4,9,11H2,1-3H3,(H2,17,18,19). The molecular weight excluding hydrogens is 250 g/mol. The van der Waals surface area contributed by atoms with E-state index >= 15 is 0 Å². The zero-order chi connectivity index (χ0) is 14.4. The molecule has 20 heavy (non-hydrogen) atoms. The summed E-state index contributed by atoms with van der Waals surface area (Å²) in [6.45, 7) is 8.14. The van der Waals surface area contributed by atoms with E-state index < -0.39 is 0 Å². The summed E-state index contributed by atoms with van der Waals surface area (Å²) in [4.78, 5) is 0. The van der Waals surface area contributed by atoms with Gasteiger partial charge in [0.2, 0.25) is 0 Å². The molecule has 0 fully saturated rings. The summed E-state index contributed by atoms with van der Waals surface area (Å²) >= 11 is 0. The van der Waals surface area contributed by atoms with Gasteiger partial charge in [0.15, 0.2) is 0 Å². The Kier molecular flexibility index (Phi) is 5.04. The summed E-state index contributed by atoms with van der Waals surface area (Å²) < 4.78 is 5.58. The van der Waals surface area contributed by atoms with Gasteiger partial charge in [-0.25, -0.2) is 0 Å². The Labute approximate surface area is 120 Å². The van der Waals surface area contributed by atoms with Crippen molar-refractivity contribution in [2.45, 2.75) is 27.2 Å². The first kappa shape index (κ1) is 14.4. The Balaban J connectivity index is 2.00. The lowest BCUT2D eigenvalue weighted by Gasteiger charge is -2.05. The largest absolute Gasteiger partial charge is 0.494 e. The zero-order valence-corrected chi connectivity index (χ0v) is 12.4. The van der Waals surface area contributed by atoms with Gasteiger partial charge in [0, 0.05) is 12.6 Å². The fourth-order valence-electron chi connectivity index (χ4n) is 1.82. The molecule has 2 N–H and O–H groups in total. The van der Waals surface area contributed by atoms with Crippen LogP contribution in [-0.2, 0) is 0 Å². The Morgan fingerprint density at radius 3 is 2.65 bits per heavy atom. The van der Waals surface area contributed by atoms with Crippen LogP contribution < -0.4 is 10.1 Å². The van der Waals surface area contributed by atoms with Gasteiger partial charge in [0.1, 0.15) is 11.6 Å². The second kappa shape index (κ2) is 6.98. The van der Waals surface area contributed by atoms with Crippen molar-refractivity contribution in [3.8, 4) is 17.0 Å².